The molecule has 0 radical (unpaired) electrons. The smallest absolute Gasteiger partial charge is 0.182 e. The molecule has 15 heavy (non-hydrogen) atoms. The van der Waals surface area contributed by atoms with Crippen molar-refractivity contribution in [3.05, 3.63) is 24.1 Å². The van der Waals surface area contributed by atoms with Crippen LogP contribution < -0.4 is 5.32 Å². The average Bonchev–Trinajstić information content (AvgIpc) is 2.67. The minimum atomic E-state index is -0.181. The maximum atomic E-state index is 11.6. The lowest BCUT2D eigenvalue weighted by molar-refractivity contribution is 0.0991. The first-order valence-electron chi connectivity index (χ1n) is 4.47. The molecule has 2 N–H and O–H groups in total. The molecule has 1 aromatic heterocycles. The zero-order valence-corrected chi connectivity index (χ0v) is 8.15. The van der Waals surface area contributed by atoms with Gasteiger partial charge < -0.3 is 14.8 Å². The minimum absolute atomic E-state index is 0.124. The molecule has 0 spiro atoms. The average molecular weight is 206 g/mol. The number of oxazole rings is 1. The Morgan fingerprint density at radius 2 is 2.40 bits per heavy atom. The summed E-state index contributed by atoms with van der Waals surface area (Å²) in [4.78, 5) is 15.4. The van der Waals surface area contributed by atoms with E-state index < -0.39 is 0 Å². The Hall–Kier alpha value is -1.88. The first-order valence-corrected chi connectivity index (χ1v) is 4.47. The Morgan fingerprint density at radius 3 is 3.13 bits per heavy atom. The first kappa shape index (κ1) is 9.67. The molecule has 5 heteroatoms. The quantitative estimate of drug-likeness (QED) is 0.731. The van der Waals surface area contributed by atoms with Crippen molar-refractivity contribution >= 4 is 16.9 Å². The predicted octanol–water partition coefficient (Wildman–Crippen LogP) is 0.935. The third kappa shape index (κ3) is 1.57. The third-order valence-electron chi connectivity index (χ3n) is 2.11. The number of hydrogen-bond donors (Lipinski definition) is 2. The molecule has 0 atom stereocenters. The SMILES string of the molecule is CNCC(=O)c1ccc2ocnc2c1O. The number of carbonyl (C=O) groups is 1. The number of nitrogens with zero attached hydrogens (tertiary/aromatic N) is 1. The lowest BCUT2D eigenvalue weighted by Crippen LogP contribution is -2.18. The van der Waals surface area contributed by atoms with E-state index >= 15 is 0 Å². The fourth-order valence-corrected chi connectivity index (χ4v) is 1.40. The molecule has 0 amide bonds. The van der Waals surface area contributed by atoms with Gasteiger partial charge in [0, 0.05) is 0 Å². The van der Waals surface area contributed by atoms with E-state index in [4.69, 9.17) is 4.42 Å². The molecule has 0 aliphatic rings. The van der Waals surface area contributed by atoms with Gasteiger partial charge >= 0.3 is 0 Å². The second-order valence-electron chi connectivity index (χ2n) is 3.11. The molecular weight excluding hydrogens is 196 g/mol. The highest BCUT2D eigenvalue weighted by Gasteiger charge is 2.15. The van der Waals surface area contributed by atoms with Crippen LogP contribution in [0.25, 0.3) is 11.1 Å². The topological polar surface area (TPSA) is 75.4 Å². The fourth-order valence-electron chi connectivity index (χ4n) is 1.40. The monoisotopic (exact) mass is 206 g/mol. The van der Waals surface area contributed by atoms with E-state index in [1.54, 1.807) is 13.1 Å². The van der Waals surface area contributed by atoms with Crippen LogP contribution in [0.5, 0.6) is 5.75 Å². The standard InChI is InChI=1S/C10H10N2O3/c1-11-4-7(13)6-2-3-8-9(10(6)14)12-5-15-8/h2-3,5,11,14H,4H2,1H3. The van der Waals surface area contributed by atoms with Crippen LogP contribution in [0.1, 0.15) is 10.4 Å². The van der Waals surface area contributed by atoms with Gasteiger partial charge in [-0.2, -0.15) is 0 Å². The van der Waals surface area contributed by atoms with Crippen molar-refractivity contribution in [2.45, 2.75) is 0 Å². The zero-order chi connectivity index (χ0) is 10.8. The van der Waals surface area contributed by atoms with Crippen molar-refractivity contribution in [3.63, 3.8) is 0 Å². The number of likely N-dealkylation sites (N-methyl/N-ethyl adjacent to an activating group) is 1. The molecule has 0 saturated heterocycles. The van der Waals surface area contributed by atoms with Crippen LogP contribution in [-0.2, 0) is 0 Å². The number of carbonyl (C=O) groups excluding carboxylic acids is 1. The van der Waals surface area contributed by atoms with Gasteiger partial charge in [-0.05, 0) is 19.2 Å². The molecule has 2 rings (SSSR count). The van der Waals surface area contributed by atoms with Gasteiger partial charge in [0.1, 0.15) is 0 Å². The summed E-state index contributed by atoms with van der Waals surface area (Å²) in [6.45, 7) is 0.177. The maximum absolute atomic E-state index is 11.6. The Morgan fingerprint density at radius 1 is 1.60 bits per heavy atom. The Labute approximate surface area is 85.7 Å². The summed E-state index contributed by atoms with van der Waals surface area (Å²) in [5, 5.41) is 12.5. The van der Waals surface area contributed by atoms with Gasteiger partial charge in [-0.3, -0.25) is 4.79 Å². The fraction of sp³-hybridized carbons (Fsp3) is 0.200. The van der Waals surface area contributed by atoms with Gasteiger partial charge in [-0.25, -0.2) is 4.98 Å². The number of rotatable bonds is 3. The minimum Gasteiger partial charge on any atom is -0.505 e. The number of aromatic hydroxyl groups is 1. The molecule has 2 aromatic rings. The van der Waals surface area contributed by atoms with E-state index in [1.165, 1.54) is 12.5 Å². The van der Waals surface area contributed by atoms with Gasteiger partial charge in [-0.15, -0.1) is 0 Å². The van der Waals surface area contributed by atoms with Crippen molar-refractivity contribution in [2.24, 2.45) is 0 Å². The summed E-state index contributed by atoms with van der Waals surface area (Å²) in [6.07, 6.45) is 1.23. The van der Waals surface area contributed by atoms with Crippen LogP contribution >= 0.6 is 0 Å². The van der Waals surface area contributed by atoms with Crippen LogP contribution in [0, 0.1) is 0 Å². The molecule has 1 heterocycles. The van der Waals surface area contributed by atoms with Gasteiger partial charge in [0.15, 0.2) is 29.0 Å². The van der Waals surface area contributed by atoms with E-state index in [1.807, 2.05) is 0 Å². The predicted molar refractivity (Wildman–Crippen MR) is 53.9 cm³/mol. The molecular formula is C10H10N2O3. The molecule has 1 aromatic carbocycles. The van der Waals surface area contributed by atoms with E-state index in [-0.39, 0.29) is 23.6 Å². The number of nitrogens with one attached hydrogen (secondary N) is 1. The van der Waals surface area contributed by atoms with Crippen molar-refractivity contribution in [2.75, 3.05) is 13.6 Å². The maximum Gasteiger partial charge on any atom is 0.182 e. The molecule has 0 unspecified atom stereocenters. The second kappa shape index (κ2) is 3.70. The summed E-state index contributed by atoms with van der Waals surface area (Å²) in [7, 11) is 1.67. The highest BCUT2D eigenvalue weighted by atomic mass is 16.3. The summed E-state index contributed by atoms with van der Waals surface area (Å²) >= 11 is 0. The van der Waals surface area contributed by atoms with E-state index in [9.17, 15) is 9.90 Å². The van der Waals surface area contributed by atoms with E-state index in [0.717, 1.165) is 0 Å². The largest absolute Gasteiger partial charge is 0.505 e. The van der Waals surface area contributed by atoms with Crippen molar-refractivity contribution in [3.8, 4) is 5.75 Å². The van der Waals surface area contributed by atoms with Crippen molar-refractivity contribution in [1.82, 2.24) is 10.3 Å². The summed E-state index contributed by atoms with van der Waals surface area (Å²) < 4.78 is 5.00. The number of ketones is 1. The lowest BCUT2D eigenvalue weighted by atomic mass is 10.1. The highest BCUT2D eigenvalue weighted by Crippen LogP contribution is 2.27. The molecule has 0 fully saturated rings. The summed E-state index contributed by atoms with van der Waals surface area (Å²) in [6, 6.07) is 3.15. The van der Waals surface area contributed by atoms with Gasteiger partial charge in [-0.1, -0.05) is 0 Å². The summed E-state index contributed by atoms with van der Waals surface area (Å²) in [5.74, 6) is -0.304. The van der Waals surface area contributed by atoms with Crippen LogP contribution in [0.4, 0.5) is 0 Å². The number of fused-ring (bicyclic) bond motifs is 1. The molecule has 0 bridgehead atoms. The number of benzene rings is 1. The number of aromatic nitrogens is 1. The highest BCUT2D eigenvalue weighted by molar-refractivity contribution is 6.03. The third-order valence-corrected chi connectivity index (χ3v) is 2.11. The molecule has 0 saturated carbocycles. The van der Waals surface area contributed by atoms with Gasteiger partial charge in [0.25, 0.3) is 0 Å². The summed E-state index contributed by atoms with van der Waals surface area (Å²) in [5.41, 5.74) is 1.04. The molecule has 5 nitrogen and oxygen atoms in total. The zero-order valence-electron chi connectivity index (χ0n) is 8.15. The lowest BCUT2D eigenvalue weighted by Gasteiger charge is -2.02. The van der Waals surface area contributed by atoms with Crippen LogP contribution in [0.3, 0.4) is 0 Å². The van der Waals surface area contributed by atoms with Crippen LogP contribution in [0.2, 0.25) is 0 Å². The van der Waals surface area contributed by atoms with Gasteiger partial charge in [0.2, 0.25) is 0 Å². The number of phenols is 1. The normalized spacial score (nSPS) is 10.7. The second-order valence-corrected chi connectivity index (χ2v) is 3.11. The van der Waals surface area contributed by atoms with Gasteiger partial charge in [0.05, 0.1) is 12.1 Å². The number of Topliss-reactive ketones (excluding diaryl/α,β-unsaturated/α-hetero) is 1. The Kier molecular flexibility index (Phi) is 2.39. The van der Waals surface area contributed by atoms with Crippen LogP contribution in [-0.4, -0.2) is 29.5 Å². The molecule has 78 valence electrons. The molecule has 0 aliphatic carbocycles. The first-order chi connectivity index (χ1) is 7.24. The Bertz CT molecular complexity index is 504. The van der Waals surface area contributed by atoms with E-state index in [2.05, 4.69) is 10.3 Å². The van der Waals surface area contributed by atoms with Crippen molar-refractivity contribution in [1.29, 1.82) is 0 Å². The number of hydrogen-bond acceptors (Lipinski definition) is 5. The molecule has 0 aliphatic heterocycles. The van der Waals surface area contributed by atoms with Crippen molar-refractivity contribution < 1.29 is 14.3 Å². The number of phenolic OH excluding ortho intramolecular Hbond substituents is 1. The van der Waals surface area contributed by atoms with E-state index in [0.29, 0.717) is 11.1 Å². The Balaban J connectivity index is 2.52. The van der Waals surface area contributed by atoms with Crippen LogP contribution in [0.15, 0.2) is 22.9 Å².